The molecular weight excluding hydrogens is 304 g/mol. The van der Waals surface area contributed by atoms with Crippen LogP contribution in [0.25, 0.3) is 0 Å². The van der Waals surface area contributed by atoms with Gasteiger partial charge in [-0.25, -0.2) is 13.4 Å². The van der Waals surface area contributed by atoms with Gasteiger partial charge in [-0.3, -0.25) is 14.1 Å². The number of rotatable bonds is 3. The van der Waals surface area contributed by atoms with Gasteiger partial charge < -0.3 is 5.32 Å². The normalized spacial score (nSPS) is 16.5. The predicted molar refractivity (Wildman–Crippen MR) is 82.2 cm³/mol. The average molecular weight is 318 g/mol. The fraction of sp³-hybridized carbons (Fsp3) is 0.214. The molecule has 0 saturated carbocycles. The van der Waals surface area contributed by atoms with Crippen molar-refractivity contribution in [2.45, 2.75) is 6.42 Å². The molecule has 1 aliphatic rings. The Labute approximate surface area is 128 Å². The lowest BCUT2D eigenvalue weighted by atomic mass is 10.2. The maximum atomic E-state index is 11.9. The highest BCUT2D eigenvalue weighted by atomic mass is 32.2. The largest absolute Gasteiger partial charge is 0.321 e. The van der Waals surface area contributed by atoms with Crippen LogP contribution in [0.2, 0.25) is 0 Å². The van der Waals surface area contributed by atoms with E-state index in [1.54, 1.807) is 24.3 Å². The summed E-state index contributed by atoms with van der Waals surface area (Å²) in [6, 6.07) is 6.68. The maximum Gasteiger partial charge on any atom is 0.275 e. The molecule has 0 radical (unpaired) electrons. The first-order chi connectivity index (χ1) is 10.6. The van der Waals surface area contributed by atoms with Crippen LogP contribution in [0.4, 0.5) is 11.4 Å². The summed E-state index contributed by atoms with van der Waals surface area (Å²) in [7, 11) is -3.19. The van der Waals surface area contributed by atoms with Crippen molar-refractivity contribution in [1.29, 1.82) is 0 Å². The molecule has 1 aromatic heterocycles. The van der Waals surface area contributed by atoms with E-state index in [2.05, 4.69) is 15.3 Å². The van der Waals surface area contributed by atoms with Crippen molar-refractivity contribution in [2.24, 2.45) is 0 Å². The number of hydrogen-bond donors (Lipinski definition) is 1. The van der Waals surface area contributed by atoms with Gasteiger partial charge in [-0.05, 0) is 30.7 Å². The summed E-state index contributed by atoms with van der Waals surface area (Å²) in [4.78, 5) is 19.7. The lowest BCUT2D eigenvalue weighted by Crippen LogP contribution is -2.25. The lowest BCUT2D eigenvalue weighted by Gasteiger charge is -2.17. The van der Waals surface area contributed by atoms with Gasteiger partial charge in [-0.15, -0.1) is 0 Å². The quantitative estimate of drug-likeness (QED) is 0.920. The third-order valence-corrected chi connectivity index (χ3v) is 5.18. The van der Waals surface area contributed by atoms with Gasteiger partial charge in [-0.1, -0.05) is 0 Å². The van der Waals surface area contributed by atoms with Crippen LogP contribution < -0.4 is 9.62 Å². The van der Waals surface area contributed by atoms with Gasteiger partial charge in [0.25, 0.3) is 5.91 Å². The van der Waals surface area contributed by atoms with E-state index >= 15 is 0 Å². The van der Waals surface area contributed by atoms with Crippen LogP contribution in [-0.4, -0.2) is 36.6 Å². The predicted octanol–water partition coefficient (Wildman–Crippen LogP) is 1.27. The molecule has 1 amide bonds. The molecule has 0 bridgehead atoms. The Balaban J connectivity index is 1.74. The Morgan fingerprint density at radius 2 is 1.95 bits per heavy atom. The molecule has 1 aliphatic heterocycles. The fourth-order valence-electron chi connectivity index (χ4n) is 2.25. The van der Waals surface area contributed by atoms with E-state index in [0.29, 0.717) is 24.3 Å². The zero-order chi connectivity index (χ0) is 15.6. The highest BCUT2D eigenvalue weighted by Crippen LogP contribution is 2.25. The monoisotopic (exact) mass is 318 g/mol. The molecule has 3 rings (SSSR count). The zero-order valence-electron chi connectivity index (χ0n) is 11.6. The smallest absolute Gasteiger partial charge is 0.275 e. The molecule has 0 spiro atoms. The number of hydrogen-bond acceptors (Lipinski definition) is 5. The standard InChI is InChI=1S/C14H14N4O3S/c19-14(13-10-15-6-7-16-13)17-11-2-4-12(5-3-11)18-8-1-9-22(18,20)21/h2-7,10H,1,8-9H2,(H,17,19). The second-order valence-electron chi connectivity index (χ2n) is 4.83. The molecule has 0 unspecified atom stereocenters. The Bertz CT molecular complexity index is 775. The van der Waals surface area contributed by atoms with Crippen LogP contribution in [0.1, 0.15) is 16.9 Å². The maximum absolute atomic E-state index is 11.9. The summed E-state index contributed by atoms with van der Waals surface area (Å²) in [6.45, 7) is 0.494. The number of benzene rings is 1. The van der Waals surface area contributed by atoms with Gasteiger partial charge in [0.15, 0.2) is 0 Å². The van der Waals surface area contributed by atoms with Crippen LogP contribution >= 0.6 is 0 Å². The van der Waals surface area contributed by atoms with Gasteiger partial charge in [0.05, 0.1) is 17.6 Å². The summed E-state index contributed by atoms with van der Waals surface area (Å²) < 4.78 is 25.1. The Morgan fingerprint density at radius 3 is 2.55 bits per heavy atom. The Morgan fingerprint density at radius 1 is 1.18 bits per heavy atom. The molecule has 1 fully saturated rings. The molecule has 1 N–H and O–H groups in total. The second-order valence-corrected chi connectivity index (χ2v) is 6.85. The van der Waals surface area contributed by atoms with E-state index in [-0.39, 0.29) is 17.4 Å². The second kappa shape index (κ2) is 5.72. The van der Waals surface area contributed by atoms with Crippen molar-refractivity contribution in [2.75, 3.05) is 21.9 Å². The molecule has 1 saturated heterocycles. The van der Waals surface area contributed by atoms with E-state index in [1.807, 2.05) is 0 Å². The van der Waals surface area contributed by atoms with E-state index in [0.717, 1.165) is 0 Å². The van der Waals surface area contributed by atoms with Gasteiger partial charge in [0.1, 0.15) is 5.69 Å². The highest BCUT2D eigenvalue weighted by molar-refractivity contribution is 7.93. The fourth-order valence-corrected chi connectivity index (χ4v) is 3.82. The molecular formula is C14H14N4O3S. The molecule has 114 valence electrons. The van der Waals surface area contributed by atoms with Crippen LogP contribution in [0.3, 0.4) is 0 Å². The molecule has 0 atom stereocenters. The van der Waals surface area contributed by atoms with E-state index in [1.165, 1.54) is 22.9 Å². The first kappa shape index (κ1) is 14.5. The minimum absolute atomic E-state index is 0.179. The van der Waals surface area contributed by atoms with Crippen LogP contribution in [0.5, 0.6) is 0 Å². The Hall–Kier alpha value is -2.48. The molecule has 0 aliphatic carbocycles. The van der Waals surface area contributed by atoms with E-state index in [4.69, 9.17) is 0 Å². The number of nitrogens with zero attached hydrogens (tertiary/aromatic N) is 3. The summed E-state index contributed by atoms with van der Waals surface area (Å²) in [5, 5.41) is 2.69. The van der Waals surface area contributed by atoms with Crippen LogP contribution in [0, 0.1) is 0 Å². The van der Waals surface area contributed by atoms with Gasteiger partial charge >= 0.3 is 0 Å². The van der Waals surface area contributed by atoms with E-state index in [9.17, 15) is 13.2 Å². The number of sulfonamides is 1. The summed E-state index contributed by atoms with van der Waals surface area (Å²) in [5.41, 5.74) is 1.39. The number of aromatic nitrogens is 2. The zero-order valence-corrected chi connectivity index (χ0v) is 12.5. The molecule has 1 aromatic carbocycles. The molecule has 7 nitrogen and oxygen atoms in total. The third-order valence-electron chi connectivity index (χ3n) is 3.31. The summed E-state index contributed by atoms with van der Waals surface area (Å²) >= 11 is 0. The number of carbonyl (C=O) groups excluding carboxylic acids is 1. The van der Waals surface area contributed by atoms with E-state index < -0.39 is 10.0 Å². The van der Waals surface area contributed by atoms with Crippen LogP contribution in [-0.2, 0) is 10.0 Å². The first-order valence-electron chi connectivity index (χ1n) is 6.74. The summed E-state index contributed by atoms with van der Waals surface area (Å²) in [5.74, 6) is -0.187. The number of amides is 1. The number of anilines is 2. The Kier molecular flexibility index (Phi) is 3.76. The van der Waals surface area contributed by atoms with Crippen LogP contribution in [0.15, 0.2) is 42.9 Å². The molecule has 2 aromatic rings. The van der Waals surface area contributed by atoms with Crippen molar-refractivity contribution in [1.82, 2.24) is 9.97 Å². The average Bonchev–Trinajstić information content (AvgIpc) is 2.88. The minimum atomic E-state index is -3.19. The number of nitrogens with one attached hydrogen (secondary N) is 1. The minimum Gasteiger partial charge on any atom is -0.321 e. The summed E-state index contributed by atoms with van der Waals surface area (Å²) in [6.07, 6.45) is 4.94. The topological polar surface area (TPSA) is 92.3 Å². The molecule has 2 heterocycles. The van der Waals surface area contributed by atoms with Crippen molar-refractivity contribution in [3.8, 4) is 0 Å². The SMILES string of the molecule is O=C(Nc1ccc(N2CCCS2(=O)=O)cc1)c1cnccn1. The first-order valence-corrected chi connectivity index (χ1v) is 8.35. The van der Waals surface area contributed by atoms with Gasteiger partial charge in [-0.2, -0.15) is 0 Å². The van der Waals surface area contributed by atoms with Gasteiger partial charge in [0, 0.05) is 24.6 Å². The third kappa shape index (κ3) is 2.91. The van der Waals surface area contributed by atoms with Crippen molar-refractivity contribution < 1.29 is 13.2 Å². The molecule has 22 heavy (non-hydrogen) atoms. The van der Waals surface area contributed by atoms with Crippen molar-refractivity contribution >= 4 is 27.3 Å². The lowest BCUT2D eigenvalue weighted by molar-refractivity contribution is 0.102. The van der Waals surface area contributed by atoms with Crippen molar-refractivity contribution in [3.05, 3.63) is 48.5 Å². The van der Waals surface area contributed by atoms with Crippen molar-refractivity contribution in [3.63, 3.8) is 0 Å². The number of carbonyl (C=O) groups is 1. The van der Waals surface area contributed by atoms with Gasteiger partial charge in [0.2, 0.25) is 10.0 Å². The highest BCUT2D eigenvalue weighted by Gasteiger charge is 2.28. The molecule has 8 heteroatoms.